The summed E-state index contributed by atoms with van der Waals surface area (Å²) in [6, 6.07) is -6.31. The van der Waals surface area contributed by atoms with Crippen LogP contribution in [0, 0.1) is 0 Å². The van der Waals surface area contributed by atoms with Crippen LogP contribution in [0.25, 0.3) is 0 Å². The Balaban J connectivity index is 5.16. The van der Waals surface area contributed by atoms with Crippen molar-refractivity contribution in [3.63, 3.8) is 0 Å². The molecule has 4 atom stereocenters. The van der Waals surface area contributed by atoms with Gasteiger partial charge in [0.05, 0.1) is 25.3 Å². The van der Waals surface area contributed by atoms with Crippen molar-refractivity contribution in [2.45, 2.75) is 50.4 Å². The summed E-state index contributed by atoms with van der Waals surface area (Å²) in [7, 11) is 0. The predicted molar refractivity (Wildman–Crippen MR) is 95.4 cm³/mol. The Morgan fingerprint density at radius 1 is 0.733 bits per heavy atom. The van der Waals surface area contributed by atoms with E-state index < -0.39 is 85.0 Å². The lowest BCUT2D eigenvalue weighted by atomic mass is 10.1. The number of amides is 4. The van der Waals surface area contributed by atoms with Gasteiger partial charge in [-0.1, -0.05) is 0 Å². The first-order valence-electron chi connectivity index (χ1n) is 8.36. The SMILES string of the molecule is CC(NC(=O)C(N)CC(N)=O)C(=O)NC(CC(=O)O)C(=O)NC(CC(=O)O)C(=O)O. The molecule has 0 aliphatic carbocycles. The molecule has 0 fully saturated rings. The maximum Gasteiger partial charge on any atom is 0.326 e. The Hall–Kier alpha value is -3.75. The molecule has 0 aromatic carbocycles. The number of carbonyl (C=O) groups is 7. The Labute approximate surface area is 169 Å². The summed E-state index contributed by atoms with van der Waals surface area (Å²) in [5, 5.41) is 32.5. The summed E-state index contributed by atoms with van der Waals surface area (Å²) in [5.74, 6) is -8.81. The molecule has 4 amide bonds. The third-order valence-corrected chi connectivity index (χ3v) is 3.51. The minimum atomic E-state index is -1.87. The average molecular weight is 433 g/mol. The van der Waals surface area contributed by atoms with Crippen molar-refractivity contribution in [1.82, 2.24) is 16.0 Å². The van der Waals surface area contributed by atoms with Crippen LogP contribution in [0.2, 0.25) is 0 Å². The zero-order valence-electron chi connectivity index (χ0n) is 15.8. The molecule has 0 saturated heterocycles. The van der Waals surface area contributed by atoms with E-state index in [0.717, 1.165) is 0 Å². The fourth-order valence-electron chi connectivity index (χ4n) is 2.02. The highest BCUT2D eigenvalue weighted by Gasteiger charge is 2.31. The molecule has 0 rings (SSSR count). The number of rotatable bonds is 13. The monoisotopic (exact) mass is 433 g/mol. The van der Waals surface area contributed by atoms with Crippen molar-refractivity contribution in [2.75, 3.05) is 0 Å². The van der Waals surface area contributed by atoms with E-state index in [9.17, 15) is 33.6 Å². The molecular weight excluding hydrogens is 410 g/mol. The lowest BCUT2D eigenvalue weighted by molar-refractivity contribution is -0.148. The van der Waals surface area contributed by atoms with Crippen molar-refractivity contribution in [3.8, 4) is 0 Å². The van der Waals surface area contributed by atoms with Gasteiger partial charge in [0.2, 0.25) is 23.6 Å². The summed E-state index contributed by atoms with van der Waals surface area (Å²) < 4.78 is 0. The number of nitrogens with one attached hydrogen (secondary N) is 3. The van der Waals surface area contributed by atoms with E-state index in [1.54, 1.807) is 0 Å². The Morgan fingerprint density at radius 3 is 1.63 bits per heavy atom. The second-order valence-corrected chi connectivity index (χ2v) is 6.16. The quantitative estimate of drug-likeness (QED) is 0.137. The van der Waals surface area contributed by atoms with Gasteiger partial charge in [-0.15, -0.1) is 0 Å². The predicted octanol–water partition coefficient (Wildman–Crippen LogP) is -4.30. The maximum absolute atomic E-state index is 12.2. The van der Waals surface area contributed by atoms with Gasteiger partial charge in [0.15, 0.2) is 0 Å². The van der Waals surface area contributed by atoms with Crippen LogP contribution in [-0.4, -0.2) is 81.0 Å². The molecule has 0 aromatic rings. The standard InChI is InChI=1S/C15H23N5O10/c1-5(18-13(27)6(16)2-9(17)21)12(26)19-7(3-10(22)23)14(28)20-8(15(29)30)4-11(24)25/h5-8H,2-4,16H2,1H3,(H2,17,21)(H,18,27)(H,19,26)(H,20,28)(H,22,23)(H,24,25)(H,29,30). The molecule has 0 saturated carbocycles. The summed E-state index contributed by atoms with van der Waals surface area (Å²) in [5.41, 5.74) is 10.3. The number of carbonyl (C=O) groups excluding carboxylic acids is 4. The Bertz CT molecular complexity index is 725. The third kappa shape index (κ3) is 9.98. The van der Waals surface area contributed by atoms with E-state index in [1.807, 2.05) is 10.6 Å². The summed E-state index contributed by atoms with van der Waals surface area (Å²) >= 11 is 0. The van der Waals surface area contributed by atoms with E-state index in [1.165, 1.54) is 6.92 Å². The van der Waals surface area contributed by atoms with Crippen molar-refractivity contribution in [3.05, 3.63) is 0 Å². The number of carboxylic acids is 3. The molecule has 0 bridgehead atoms. The van der Waals surface area contributed by atoms with Crippen LogP contribution >= 0.6 is 0 Å². The highest BCUT2D eigenvalue weighted by Crippen LogP contribution is 2.00. The van der Waals surface area contributed by atoms with Crippen LogP contribution < -0.4 is 27.4 Å². The van der Waals surface area contributed by atoms with E-state index in [2.05, 4.69) is 5.32 Å². The number of aliphatic carboxylic acids is 3. The van der Waals surface area contributed by atoms with Gasteiger partial charge < -0.3 is 42.7 Å². The molecule has 0 heterocycles. The molecule has 0 aliphatic heterocycles. The molecule has 0 aliphatic rings. The van der Waals surface area contributed by atoms with Crippen LogP contribution in [-0.2, 0) is 33.6 Å². The van der Waals surface area contributed by atoms with Gasteiger partial charge in [-0.05, 0) is 6.92 Å². The second-order valence-electron chi connectivity index (χ2n) is 6.16. The van der Waals surface area contributed by atoms with Gasteiger partial charge in [0.1, 0.15) is 18.1 Å². The van der Waals surface area contributed by atoms with Gasteiger partial charge in [-0.2, -0.15) is 0 Å². The molecule has 30 heavy (non-hydrogen) atoms. The molecule has 15 heteroatoms. The minimum Gasteiger partial charge on any atom is -0.481 e. The average Bonchev–Trinajstić information content (AvgIpc) is 2.58. The zero-order chi connectivity index (χ0) is 23.6. The number of primary amides is 1. The topological polar surface area (TPSA) is 268 Å². The van der Waals surface area contributed by atoms with E-state index in [-0.39, 0.29) is 0 Å². The highest BCUT2D eigenvalue weighted by molar-refractivity contribution is 5.96. The van der Waals surface area contributed by atoms with Crippen LogP contribution in [0.1, 0.15) is 26.2 Å². The first-order chi connectivity index (χ1) is 13.7. The molecule has 15 nitrogen and oxygen atoms in total. The molecule has 10 N–H and O–H groups in total. The van der Waals surface area contributed by atoms with Gasteiger partial charge in [0.25, 0.3) is 0 Å². The van der Waals surface area contributed by atoms with Gasteiger partial charge in [0, 0.05) is 0 Å². The summed E-state index contributed by atoms with van der Waals surface area (Å²) in [6.07, 6.45) is -2.44. The summed E-state index contributed by atoms with van der Waals surface area (Å²) in [6.45, 7) is 1.17. The number of hydrogen-bond donors (Lipinski definition) is 8. The largest absolute Gasteiger partial charge is 0.481 e. The first kappa shape index (κ1) is 26.2. The fourth-order valence-corrected chi connectivity index (χ4v) is 2.02. The molecule has 168 valence electrons. The molecule has 0 radical (unpaired) electrons. The van der Waals surface area contributed by atoms with Crippen molar-refractivity contribution in [1.29, 1.82) is 0 Å². The Kier molecular flexibility index (Phi) is 10.5. The van der Waals surface area contributed by atoms with Crippen molar-refractivity contribution >= 4 is 41.5 Å². The number of hydrogen-bond acceptors (Lipinski definition) is 8. The molecule has 0 spiro atoms. The van der Waals surface area contributed by atoms with Crippen LogP contribution in [0.15, 0.2) is 0 Å². The fraction of sp³-hybridized carbons (Fsp3) is 0.533. The third-order valence-electron chi connectivity index (χ3n) is 3.51. The first-order valence-corrected chi connectivity index (χ1v) is 8.36. The van der Waals surface area contributed by atoms with E-state index in [4.69, 9.17) is 26.8 Å². The summed E-state index contributed by atoms with van der Waals surface area (Å²) in [4.78, 5) is 79.6. The highest BCUT2D eigenvalue weighted by atomic mass is 16.4. The zero-order valence-corrected chi connectivity index (χ0v) is 15.8. The molecule has 0 aromatic heterocycles. The van der Waals surface area contributed by atoms with Gasteiger partial charge in [-0.3, -0.25) is 28.8 Å². The smallest absolute Gasteiger partial charge is 0.326 e. The van der Waals surface area contributed by atoms with Crippen LogP contribution in [0.5, 0.6) is 0 Å². The molecular formula is C15H23N5O10. The van der Waals surface area contributed by atoms with Gasteiger partial charge in [-0.25, -0.2) is 4.79 Å². The molecule has 4 unspecified atom stereocenters. The van der Waals surface area contributed by atoms with Gasteiger partial charge >= 0.3 is 17.9 Å². The van der Waals surface area contributed by atoms with Crippen LogP contribution in [0.3, 0.4) is 0 Å². The number of carboxylic acid groups (broad SMARTS) is 3. The van der Waals surface area contributed by atoms with Crippen molar-refractivity contribution < 1.29 is 48.9 Å². The van der Waals surface area contributed by atoms with Crippen molar-refractivity contribution in [2.24, 2.45) is 11.5 Å². The lowest BCUT2D eigenvalue weighted by Crippen LogP contribution is -2.57. The minimum absolute atomic E-state index is 0.496. The number of nitrogens with two attached hydrogens (primary N) is 2. The van der Waals surface area contributed by atoms with E-state index in [0.29, 0.717) is 0 Å². The second kappa shape index (κ2) is 11.9. The maximum atomic E-state index is 12.2. The Morgan fingerprint density at radius 2 is 1.20 bits per heavy atom. The lowest BCUT2D eigenvalue weighted by Gasteiger charge is -2.22. The van der Waals surface area contributed by atoms with E-state index >= 15 is 0 Å². The van der Waals surface area contributed by atoms with Crippen LogP contribution in [0.4, 0.5) is 0 Å². The normalized spacial score (nSPS) is 14.3.